The fourth-order valence-electron chi connectivity index (χ4n) is 6.03. The predicted octanol–water partition coefficient (Wildman–Crippen LogP) is 4.72. The van der Waals surface area contributed by atoms with E-state index < -0.39 is 0 Å². The van der Waals surface area contributed by atoms with E-state index in [4.69, 9.17) is 5.26 Å². The second kappa shape index (κ2) is 7.65. The highest BCUT2D eigenvalue weighted by Gasteiger charge is 2.47. The Bertz CT molecular complexity index is 1390. The maximum atomic E-state index is 14.1. The minimum atomic E-state index is -0.103. The molecule has 0 unspecified atom stereocenters. The Morgan fingerprint density at radius 2 is 1.74 bits per heavy atom. The molecule has 1 saturated heterocycles. The van der Waals surface area contributed by atoms with Crippen molar-refractivity contribution in [2.24, 2.45) is 0 Å². The lowest BCUT2D eigenvalue weighted by atomic mass is 9.74. The first-order valence-corrected chi connectivity index (χ1v) is 11.8. The quantitative estimate of drug-likeness (QED) is 0.417. The lowest BCUT2D eigenvalue weighted by molar-refractivity contribution is 0.0978. The molecule has 1 aliphatic carbocycles. The number of anilines is 1. The van der Waals surface area contributed by atoms with E-state index in [-0.39, 0.29) is 17.1 Å². The van der Waals surface area contributed by atoms with Gasteiger partial charge in [0.15, 0.2) is 5.78 Å². The van der Waals surface area contributed by atoms with Crippen LogP contribution in [0.2, 0.25) is 0 Å². The van der Waals surface area contributed by atoms with Gasteiger partial charge in [-0.15, -0.1) is 0 Å². The first kappa shape index (κ1) is 20.8. The molecule has 0 radical (unpaired) electrons. The summed E-state index contributed by atoms with van der Waals surface area (Å²) in [5.74, 6) is -0.0678. The number of carbonyl (C=O) groups is 2. The van der Waals surface area contributed by atoms with Gasteiger partial charge in [0.05, 0.1) is 12.6 Å². The van der Waals surface area contributed by atoms with Gasteiger partial charge in [-0.05, 0) is 43.0 Å². The normalized spacial score (nSPS) is 17.9. The van der Waals surface area contributed by atoms with Crippen molar-refractivity contribution in [3.63, 3.8) is 0 Å². The van der Waals surface area contributed by atoms with E-state index in [1.165, 1.54) is 11.1 Å². The first-order valence-electron chi connectivity index (χ1n) is 11.8. The van der Waals surface area contributed by atoms with Gasteiger partial charge in [0.2, 0.25) is 0 Å². The minimum Gasteiger partial charge on any atom is -0.307 e. The molecule has 5 heteroatoms. The third-order valence-corrected chi connectivity index (χ3v) is 7.81. The van der Waals surface area contributed by atoms with Crippen LogP contribution in [0.5, 0.6) is 0 Å². The van der Waals surface area contributed by atoms with Gasteiger partial charge >= 0.3 is 0 Å². The molecule has 1 fully saturated rings. The molecule has 0 bridgehead atoms. The third kappa shape index (κ3) is 2.96. The van der Waals surface area contributed by atoms with Crippen LogP contribution < -0.4 is 4.90 Å². The number of ketones is 1. The van der Waals surface area contributed by atoms with Gasteiger partial charge < -0.3 is 4.90 Å². The highest BCUT2D eigenvalue weighted by Crippen LogP contribution is 2.48. The average Bonchev–Trinajstić information content (AvgIpc) is 3.33. The lowest BCUT2D eigenvalue weighted by Crippen LogP contribution is -2.46. The van der Waals surface area contributed by atoms with E-state index >= 15 is 0 Å². The van der Waals surface area contributed by atoms with Crippen molar-refractivity contribution in [1.29, 1.82) is 5.26 Å². The molecule has 168 valence electrons. The summed E-state index contributed by atoms with van der Waals surface area (Å²) in [6.45, 7) is 4.88. The van der Waals surface area contributed by atoms with E-state index in [0.29, 0.717) is 29.8 Å². The molecule has 0 atom stereocenters. The summed E-state index contributed by atoms with van der Waals surface area (Å²) in [5, 5.41) is 9.11. The SMILES string of the molecule is Cc1ccc2c(c1)C1(CCN(CC#N)CC1)CN2C(=O)c1cccc2c1-c1ccccc1C2=O. The number of carbonyl (C=O) groups excluding carboxylic acids is 2. The smallest absolute Gasteiger partial charge is 0.258 e. The molecule has 3 aliphatic rings. The number of hydrogen-bond donors (Lipinski definition) is 0. The van der Waals surface area contributed by atoms with Gasteiger partial charge in [-0.25, -0.2) is 0 Å². The summed E-state index contributed by atoms with van der Waals surface area (Å²) in [6, 6.07) is 21.7. The van der Waals surface area contributed by atoms with Crippen molar-refractivity contribution >= 4 is 17.4 Å². The van der Waals surface area contributed by atoms with Gasteiger partial charge in [-0.3, -0.25) is 14.5 Å². The monoisotopic (exact) mass is 447 g/mol. The summed E-state index contributed by atoms with van der Waals surface area (Å²) < 4.78 is 0. The molecule has 1 amide bonds. The van der Waals surface area contributed by atoms with Crippen LogP contribution in [-0.2, 0) is 5.41 Å². The second-order valence-corrected chi connectivity index (χ2v) is 9.73. The summed E-state index contributed by atoms with van der Waals surface area (Å²) in [6.07, 6.45) is 1.84. The van der Waals surface area contributed by atoms with E-state index in [1.54, 1.807) is 0 Å². The van der Waals surface area contributed by atoms with Crippen molar-refractivity contribution in [1.82, 2.24) is 4.90 Å². The molecule has 0 N–H and O–H groups in total. The van der Waals surface area contributed by atoms with Crippen LogP contribution in [0.15, 0.2) is 60.7 Å². The zero-order valence-electron chi connectivity index (χ0n) is 19.2. The molecule has 3 aromatic rings. The number of rotatable bonds is 2. The van der Waals surface area contributed by atoms with Crippen molar-refractivity contribution in [3.8, 4) is 17.2 Å². The molecule has 5 nitrogen and oxygen atoms in total. The molecule has 1 spiro atoms. The fraction of sp³-hybridized carbons (Fsp3) is 0.276. The number of aryl methyl sites for hydroxylation is 1. The highest BCUT2D eigenvalue weighted by atomic mass is 16.2. The molecule has 0 saturated carbocycles. The maximum absolute atomic E-state index is 14.1. The summed E-state index contributed by atoms with van der Waals surface area (Å²) in [5.41, 5.74) is 6.75. The number of nitrogens with zero attached hydrogens (tertiary/aromatic N) is 3. The Hall–Kier alpha value is -3.75. The zero-order valence-corrected chi connectivity index (χ0v) is 19.2. The number of amides is 1. The molecule has 3 aromatic carbocycles. The van der Waals surface area contributed by atoms with Gasteiger partial charge in [-0.2, -0.15) is 5.26 Å². The highest BCUT2D eigenvalue weighted by molar-refractivity contribution is 6.25. The molecule has 2 aliphatic heterocycles. The van der Waals surface area contributed by atoms with E-state index in [0.717, 1.165) is 42.7 Å². The van der Waals surface area contributed by atoms with Crippen LogP contribution >= 0.6 is 0 Å². The van der Waals surface area contributed by atoms with Gasteiger partial charge in [0.1, 0.15) is 0 Å². The van der Waals surface area contributed by atoms with E-state index in [2.05, 4.69) is 36.1 Å². The van der Waals surface area contributed by atoms with Crippen LogP contribution in [0.3, 0.4) is 0 Å². The Balaban J connectivity index is 1.42. The third-order valence-electron chi connectivity index (χ3n) is 7.81. The Kier molecular flexibility index (Phi) is 4.68. The van der Waals surface area contributed by atoms with E-state index in [9.17, 15) is 9.59 Å². The molecular formula is C29H25N3O2. The number of hydrogen-bond acceptors (Lipinski definition) is 4. The summed E-state index contributed by atoms with van der Waals surface area (Å²) in [7, 11) is 0. The maximum Gasteiger partial charge on any atom is 0.258 e. The summed E-state index contributed by atoms with van der Waals surface area (Å²) in [4.78, 5) is 31.2. The molecule has 0 aromatic heterocycles. The Morgan fingerprint density at radius 1 is 1.00 bits per heavy atom. The molecule has 2 heterocycles. The largest absolute Gasteiger partial charge is 0.307 e. The van der Waals surface area contributed by atoms with Crippen LogP contribution in [0, 0.1) is 18.3 Å². The average molecular weight is 448 g/mol. The summed E-state index contributed by atoms with van der Waals surface area (Å²) >= 11 is 0. The van der Waals surface area contributed by atoms with Crippen LogP contribution in [0.4, 0.5) is 5.69 Å². The standard InChI is InChI=1S/C29H25N3O2/c1-19-9-10-25-24(17-19)29(11-14-31(15-12-29)16-13-30)18-32(25)28(34)23-8-4-7-22-26(23)20-5-2-3-6-21(20)27(22)33/h2-10,17H,11-12,14-16,18H2,1H3. The van der Waals surface area contributed by atoms with Crippen LogP contribution in [-0.4, -0.2) is 42.8 Å². The molecular weight excluding hydrogens is 422 g/mol. The molecule has 6 rings (SSSR count). The fourth-order valence-corrected chi connectivity index (χ4v) is 6.03. The topological polar surface area (TPSA) is 64.4 Å². The number of nitriles is 1. The predicted molar refractivity (Wildman–Crippen MR) is 131 cm³/mol. The van der Waals surface area contributed by atoms with Crippen LogP contribution in [0.1, 0.15) is 50.2 Å². The minimum absolute atomic E-state index is 0.0148. The molecule has 34 heavy (non-hydrogen) atoms. The Labute approximate surface area is 199 Å². The zero-order chi connectivity index (χ0) is 23.4. The van der Waals surface area contributed by atoms with E-state index in [1.807, 2.05) is 47.4 Å². The number of piperidine rings is 1. The van der Waals surface area contributed by atoms with Gasteiger partial charge in [-0.1, -0.05) is 54.1 Å². The van der Waals surface area contributed by atoms with Crippen molar-refractivity contribution in [3.05, 3.63) is 88.5 Å². The van der Waals surface area contributed by atoms with Crippen LogP contribution in [0.25, 0.3) is 11.1 Å². The van der Waals surface area contributed by atoms with Crippen molar-refractivity contribution in [2.45, 2.75) is 25.2 Å². The van der Waals surface area contributed by atoms with Gasteiger partial charge in [0, 0.05) is 53.0 Å². The number of benzene rings is 3. The number of fused-ring (bicyclic) bond motifs is 5. The van der Waals surface area contributed by atoms with Crippen molar-refractivity contribution in [2.75, 3.05) is 31.1 Å². The number of likely N-dealkylation sites (tertiary alicyclic amines) is 1. The first-order chi connectivity index (χ1) is 16.5. The lowest BCUT2D eigenvalue weighted by Gasteiger charge is -2.39. The Morgan fingerprint density at radius 3 is 2.50 bits per heavy atom. The second-order valence-electron chi connectivity index (χ2n) is 9.73. The van der Waals surface area contributed by atoms with Gasteiger partial charge in [0.25, 0.3) is 5.91 Å². The van der Waals surface area contributed by atoms with Crippen molar-refractivity contribution < 1.29 is 9.59 Å².